The van der Waals surface area contributed by atoms with E-state index in [9.17, 15) is 13.2 Å². The lowest BCUT2D eigenvalue weighted by Gasteiger charge is -2.11. The third kappa shape index (κ3) is 5.13. The van der Waals surface area contributed by atoms with Crippen LogP contribution in [0.4, 0.5) is 19.0 Å². The van der Waals surface area contributed by atoms with Gasteiger partial charge in [-0.25, -0.2) is 4.68 Å². The second-order valence-electron chi connectivity index (χ2n) is 7.46. The van der Waals surface area contributed by atoms with Crippen molar-refractivity contribution in [1.29, 1.82) is 0 Å². The molecule has 0 spiro atoms. The minimum absolute atomic E-state index is 0.248. The summed E-state index contributed by atoms with van der Waals surface area (Å²) in [4.78, 5) is 0. The van der Waals surface area contributed by atoms with E-state index in [4.69, 9.17) is 9.84 Å². The highest BCUT2D eigenvalue weighted by Crippen LogP contribution is 2.30. The maximum Gasteiger partial charge on any atom is 0.573 e. The van der Waals surface area contributed by atoms with Crippen molar-refractivity contribution in [3.63, 3.8) is 0 Å². The predicted molar refractivity (Wildman–Crippen MR) is 112 cm³/mol. The molecule has 0 fully saturated rings. The summed E-state index contributed by atoms with van der Waals surface area (Å²) in [6.07, 6.45) is -0.0367. The molecule has 5 nitrogen and oxygen atoms in total. The number of hydrogen-bond donors (Lipinski definition) is 1. The number of aromatic nitrogens is 2. The van der Waals surface area contributed by atoms with Crippen LogP contribution in [0.25, 0.3) is 5.69 Å². The first-order valence-electron chi connectivity index (χ1n) is 10.3. The molecule has 31 heavy (non-hydrogen) atoms. The largest absolute Gasteiger partial charge is 0.573 e. The molecule has 0 saturated heterocycles. The lowest BCUT2D eigenvalue weighted by Crippen LogP contribution is -2.17. The van der Waals surface area contributed by atoms with Gasteiger partial charge >= 0.3 is 6.36 Å². The monoisotopic (exact) mass is 431 g/mol. The molecule has 164 valence electrons. The number of anilines is 1. The molecule has 0 atom stereocenters. The molecule has 0 aliphatic carbocycles. The fourth-order valence-corrected chi connectivity index (χ4v) is 3.81. The van der Waals surface area contributed by atoms with E-state index in [0.717, 1.165) is 55.9 Å². The lowest BCUT2D eigenvalue weighted by atomic mass is 10.0. The first kappa shape index (κ1) is 21.1. The van der Waals surface area contributed by atoms with Crippen molar-refractivity contribution in [3.05, 3.63) is 65.4 Å². The van der Waals surface area contributed by atoms with Gasteiger partial charge in [0.1, 0.15) is 17.3 Å². The van der Waals surface area contributed by atoms with Gasteiger partial charge in [0.25, 0.3) is 0 Å². The number of ether oxygens (including phenoxy) is 2. The van der Waals surface area contributed by atoms with Crippen molar-refractivity contribution in [2.45, 2.75) is 38.5 Å². The zero-order chi connectivity index (χ0) is 21.8. The number of aryl methyl sites for hydroxylation is 2. The summed E-state index contributed by atoms with van der Waals surface area (Å²) in [7, 11) is 1.64. The quantitative estimate of drug-likeness (QED) is 0.575. The van der Waals surface area contributed by atoms with Gasteiger partial charge in [0, 0.05) is 12.1 Å². The minimum atomic E-state index is -4.71. The van der Waals surface area contributed by atoms with Crippen molar-refractivity contribution in [1.82, 2.24) is 9.78 Å². The van der Waals surface area contributed by atoms with Crippen LogP contribution in [0.2, 0.25) is 0 Å². The first-order chi connectivity index (χ1) is 14.9. The van der Waals surface area contributed by atoms with E-state index in [1.165, 1.54) is 23.3 Å². The number of halogens is 3. The third-order valence-electron chi connectivity index (χ3n) is 5.34. The van der Waals surface area contributed by atoms with Gasteiger partial charge in [-0.15, -0.1) is 13.2 Å². The second kappa shape index (κ2) is 8.91. The Hall–Kier alpha value is -3.16. The summed E-state index contributed by atoms with van der Waals surface area (Å²) in [6, 6.07) is 13.8. The highest BCUT2D eigenvalue weighted by Gasteiger charge is 2.31. The number of rotatable bonds is 6. The Labute approximate surface area is 178 Å². The van der Waals surface area contributed by atoms with Crippen molar-refractivity contribution in [2.24, 2.45) is 0 Å². The van der Waals surface area contributed by atoms with Gasteiger partial charge in [0.05, 0.1) is 18.5 Å². The fraction of sp³-hybridized carbons (Fsp3) is 0.348. The Morgan fingerprint density at radius 1 is 0.968 bits per heavy atom. The van der Waals surface area contributed by atoms with Crippen LogP contribution in [-0.4, -0.2) is 29.8 Å². The molecule has 1 N–H and O–H groups in total. The second-order valence-corrected chi connectivity index (χ2v) is 7.46. The van der Waals surface area contributed by atoms with Crippen LogP contribution in [0.1, 0.15) is 29.7 Å². The lowest BCUT2D eigenvalue weighted by molar-refractivity contribution is -0.274. The zero-order valence-corrected chi connectivity index (χ0v) is 17.2. The Balaban J connectivity index is 1.58. The molecule has 0 amide bonds. The van der Waals surface area contributed by atoms with Crippen LogP contribution < -0.4 is 14.8 Å². The number of benzene rings is 2. The van der Waals surface area contributed by atoms with Crippen LogP contribution in [0.15, 0.2) is 48.5 Å². The maximum atomic E-state index is 12.4. The molecule has 2 heterocycles. The molecule has 0 radical (unpaired) electrons. The van der Waals surface area contributed by atoms with Gasteiger partial charge in [-0.2, -0.15) is 5.10 Å². The van der Waals surface area contributed by atoms with Gasteiger partial charge in [-0.1, -0.05) is 12.1 Å². The van der Waals surface area contributed by atoms with E-state index >= 15 is 0 Å². The normalized spacial score (nSPS) is 13.8. The number of methoxy groups -OCH3 is 1. The molecule has 0 bridgehead atoms. The van der Waals surface area contributed by atoms with E-state index in [2.05, 4.69) is 10.1 Å². The van der Waals surface area contributed by atoms with Crippen LogP contribution in [0.5, 0.6) is 11.5 Å². The zero-order valence-electron chi connectivity index (χ0n) is 17.2. The first-order valence-corrected chi connectivity index (χ1v) is 10.3. The predicted octanol–water partition coefficient (Wildman–Crippen LogP) is 5.31. The molecule has 1 aliphatic rings. The van der Waals surface area contributed by atoms with Crippen molar-refractivity contribution in [2.75, 3.05) is 19.0 Å². The molecular weight excluding hydrogens is 407 g/mol. The topological polar surface area (TPSA) is 48.3 Å². The summed E-state index contributed by atoms with van der Waals surface area (Å²) >= 11 is 0. The fourth-order valence-electron chi connectivity index (χ4n) is 3.81. The van der Waals surface area contributed by atoms with Gasteiger partial charge in [-0.05, 0) is 74.1 Å². The SMILES string of the molecule is COc1ccc(CCc2nn(-c3ccc(OC(F)(F)F)cc3)c3c2CCCCN3)cc1. The van der Waals surface area contributed by atoms with Gasteiger partial charge < -0.3 is 14.8 Å². The molecule has 1 aliphatic heterocycles. The molecule has 1 aromatic heterocycles. The van der Waals surface area contributed by atoms with Crippen LogP contribution >= 0.6 is 0 Å². The van der Waals surface area contributed by atoms with E-state index in [-0.39, 0.29) is 5.75 Å². The molecule has 2 aromatic carbocycles. The van der Waals surface area contributed by atoms with Crippen LogP contribution in [0, 0.1) is 0 Å². The summed E-state index contributed by atoms with van der Waals surface area (Å²) < 4.78 is 48.3. The number of hydrogen-bond acceptors (Lipinski definition) is 4. The number of alkyl halides is 3. The average molecular weight is 431 g/mol. The van der Waals surface area contributed by atoms with Crippen molar-refractivity contribution in [3.8, 4) is 17.2 Å². The highest BCUT2D eigenvalue weighted by atomic mass is 19.4. The van der Waals surface area contributed by atoms with Crippen LogP contribution in [-0.2, 0) is 19.3 Å². The van der Waals surface area contributed by atoms with E-state index in [0.29, 0.717) is 5.69 Å². The Kier molecular flexibility index (Phi) is 6.06. The van der Waals surface area contributed by atoms with E-state index < -0.39 is 6.36 Å². The third-order valence-corrected chi connectivity index (χ3v) is 5.34. The average Bonchev–Trinajstić information content (AvgIpc) is 2.92. The summed E-state index contributed by atoms with van der Waals surface area (Å²) in [6.45, 7) is 0.839. The molecule has 0 saturated carbocycles. The van der Waals surface area contributed by atoms with Crippen LogP contribution in [0.3, 0.4) is 0 Å². The summed E-state index contributed by atoms with van der Waals surface area (Å²) in [5, 5.41) is 8.27. The maximum absolute atomic E-state index is 12.4. The van der Waals surface area contributed by atoms with Crippen molar-refractivity contribution >= 4 is 5.82 Å². The van der Waals surface area contributed by atoms with Crippen molar-refractivity contribution < 1.29 is 22.6 Å². The Morgan fingerprint density at radius 3 is 2.35 bits per heavy atom. The molecule has 0 unspecified atom stereocenters. The smallest absolute Gasteiger partial charge is 0.497 e. The molecule has 8 heteroatoms. The molecule has 3 aromatic rings. The van der Waals surface area contributed by atoms with Gasteiger partial charge in [0.15, 0.2) is 0 Å². The standard InChI is InChI=1S/C23H24F3N3O2/c1-30-18-10-5-16(6-11-18)7-14-21-20-4-2-3-15-27-22(20)29(28-21)17-8-12-19(13-9-17)31-23(24,25)26/h5-6,8-13,27H,2-4,7,14-15H2,1H3. The Bertz CT molecular complexity index is 1010. The van der Waals surface area contributed by atoms with Gasteiger partial charge in [-0.3, -0.25) is 0 Å². The van der Waals surface area contributed by atoms with Gasteiger partial charge in [0.2, 0.25) is 0 Å². The Morgan fingerprint density at radius 2 is 1.68 bits per heavy atom. The molecular formula is C23H24F3N3O2. The summed E-state index contributed by atoms with van der Waals surface area (Å²) in [5.74, 6) is 1.50. The minimum Gasteiger partial charge on any atom is -0.497 e. The number of nitrogens with one attached hydrogen (secondary N) is 1. The number of fused-ring (bicyclic) bond motifs is 1. The molecule has 4 rings (SSSR count). The van der Waals surface area contributed by atoms with E-state index in [1.54, 1.807) is 23.9 Å². The highest BCUT2D eigenvalue weighted by molar-refractivity contribution is 5.55. The number of nitrogens with zero attached hydrogens (tertiary/aromatic N) is 2. The van der Waals surface area contributed by atoms with E-state index in [1.807, 2.05) is 24.3 Å². The summed E-state index contributed by atoms with van der Waals surface area (Å²) in [5.41, 5.74) is 4.08.